The van der Waals surface area contributed by atoms with Crippen LogP contribution in [0.4, 0.5) is 10.8 Å². The van der Waals surface area contributed by atoms with Crippen LogP contribution in [0.15, 0.2) is 22.5 Å². The van der Waals surface area contributed by atoms with E-state index in [2.05, 4.69) is 30.4 Å². The molecule has 2 heterocycles. The highest BCUT2D eigenvalue weighted by atomic mass is 32.2. The van der Waals surface area contributed by atoms with Crippen LogP contribution >= 0.6 is 34.6 Å². The molecular formula is C16H16N6O4S3. The summed E-state index contributed by atoms with van der Waals surface area (Å²) in [6.45, 7) is 1.70. The first-order valence-electron chi connectivity index (χ1n) is 8.08. The van der Waals surface area contributed by atoms with Gasteiger partial charge in [0.05, 0.1) is 31.4 Å². The lowest BCUT2D eigenvalue weighted by molar-refractivity contribution is -0.113. The molecule has 0 unspecified atom stereocenters. The number of hydrogen-bond acceptors (Lipinski definition) is 11. The lowest BCUT2D eigenvalue weighted by Gasteiger charge is -2.11. The predicted molar refractivity (Wildman–Crippen MR) is 111 cm³/mol. The number of amides is 2. The number of nitrogens with zero attached hydrogens (tertiary/aromatic N) is 4. The number of methoxy groups -OCH3 is 2. The van der Waals surface area contributed by atoms with Crippen LogP contribution in [-0.2, 0) is 4.79 Å². The minimum Gasteiger partial charge on any atom is -0.497 e. The zero-order chi connectivity index (χ0) is 20.8. The molecule has 2 aromatic heterocycles. The summed E-state index contributed by atoms with van der Waals surface area (Å²) in [5, 5.41) is 17.5. The maximum Gasteiger partial charge on any atom is 0.271 e. The van der Waals surface area contributed by atoms with Gasteiger partial charge in [0.1, 0.15) is 16.4 Å². The fraction of sp³-hybridized carbons (Fsp3) is 0.250. The Labute approximate surface area is 178 Å². The highest BCUT2D eigenvalue weighted by molar-refractivity contribution is 8.01. The maximum atomic E-state index is 12.2. The summed E-state index contributed by atoms with van der Waals surface area (Å²) in [5.74, 6) is 0.675. The van der Waals surface area contributed by atoms with E-state index >= 15 is 0 Å². The molecule has 0 aliphatic heterocycles. The van der Waals surface area contributed by atoms with Crippen molar-refractivity contribution in [2.45, 2.75) is 11.3 Å². The van der Waals surface area contributed by atoms with Crippen LogP contribution in [0.25, 0.3) is 0 Å². The highest BCUT2D eigenvalue weighted by Crippen LogP contribution is 2.30. The molecule has 3 aromatic rings. The molecule has 0 aliphatic carbocycles. The van der Waals surface area contributed by atoms with E-state index in [0.717, 1.165) is 11.5 Å². The van der Waals surface area contributed by atoms with E-state index in [1.807, 2.05) is 0 Å². The highest BCUT2D eigenvalue weighted by Gasteiger charge is 2.16. The predicted octanol–water partition coefficient (Wildman–Crippen LogP) is 2.70. The summed E-state index contributed by atoms with van der Waals surface area (Å²) in [4.78, 5) is 24.8. The van der Waals surface area contributed by atoms with Crippen molar-refractivity contribution < 1.29 is 19.1 Å². The smallest absolute Gasteiger partial charge is 0.271 e. The molecule has 29 heavy (non-hydrogen) atoms. The van der Waals surface area contributed by atoms with Crippen LogP contribution in [0.2, 0.25) is 0 Å². The van der Waals surface area contributed by atoms with Crippen molar-refractivity contribution in [3.8, 4) is 11.5 Å². The molecule has 1 aromatic carbocycles. The quantitative estimate of drug-likeness (QED) is 0.391. The summed E-state index contributed by atoms with van der Waals surface area (Å²) in [6, 6.07) is 5.11. The summed E-state index contributed by atoms with van der Waals surface area (Å²) in [5.41, 5.74) is 1.09. The Balaban J connectivity index is 1.54. The van der Waals surface area contributed by atoms with Gasteiger partial charge in [-0.15, -0.1) is 15.3 Å². The van der Waals surface area contributed by atoms with Gasteiger partial charge in [-0.3, -0.25) is 14.9 Å². The number of carbonyl (C=O) groups is 2. The average molecular weight is 453 g/mol. The first-order chi connectivity index (χ1) is 14.0. The van der Waals surface area contributed by atoms with Crippen molar-refractivity contribution in [2.75, 3.05) is 30.6 Å². The molecule has 0 spiro atoms. The normalized spacial score (nSPS) is 10.4. The monoisotopic (exact) mass is 452 g/mol. The Kier molecular flexibility index (Phi) is 6.95. The van der Waals surface area contributed by atoms with Gasteiger partial charge in [-0.1, -0.05) is 27.6 Å². The largest absolute Gasteiger partial charge is 0.497 e. The van der Waals surface area contributed by atoms with E-state index in [1.54, 1.807) is 32.2 Å². The van der Waals surface area contributed by atoms with Crippen molar-refractivity contribution in [1.29, 1.82) is 0 Å². The fourth-order valence-corrected chi connectivity index (χ4v) is 4.23. The molecule has 0 atom stereocenters. The Morgan fingerprint density at radius 1 is 1.14 bits per heavy atom. The van der Waals surface area contributed by atoms with E-state index in [0.29, 0.717) is 37.2 Å². The molecule has 3 rings (SSSR count). The number of benzene rings is 1. The number of aromatic nitrogens is 4. The number of carbonyl (C=O) groups excluding carboxylic acids is 2. The zero-order valence-electron chi connectivity index (χ0n) is 15.6. The lowest BCUT2D eigenvalue weighted by Crippen LogP contribution is -2.14. The number of rotatable bonds is 8. The van der Waals surface area contributed by atoms with Crippen molar-refractivity contribution in [2.24, 2.45) is 0 Å². The number of ether oxygens (including phenoxy) is 2. The van der Waals surface area contributed by atoms with E-state index in [9.17, 15) is 9.59 Å². The van der Waals surface area contributed by atoms with Crippen molar-refractivity contribution in [3.05, 3.63) is 28.8 Å². The van der Waals surface area contributed by atoms with E-state index < -0.39 is 0 Å². The van der Waals surface area contributed by atoms with Crippen LogP contribution in [0.3, 0.4) is 0 Å². The van der Waals surface area contributed by atoms with Gasteiger partial charge >= 0.3 is 0 Å². The Bertz CT molecular complexity index is 1020. The summed E-state index contributed by atoms with van der Waals surface area (Å²) in [7, 11) is 3.07. The van der Waals surface area contributed by atoms with E-state index in [1.165, 1.54) is 30.2 Å². The topological polar surface area (TPSA) is 128 Å². The van der Waals surface area contributed by atoms with Gasteiger partial charge in [-0.2, -0.15) is 0 Å². The summed E-state index contributed by atoms with van der Waals surface area (Å²) >= 11 is 3.40. The number of hydrogen-bond donors (Lipinski definition) is 2. The molecule has 2 amide bonds. The van der Waals surface area contributed by atoms with E-state index in [4.69, 9.17) is 9.47 Å². The third-order valence-electron chi connectivity index (χ3n) is 3.49. The SMILES string of the molecule is COc1ccc(NC(=O)CSc2nnc(NC(=O)c3snnc3C)s2)c(OC)c1. The van der Waals surface area contributed by atoms with Gasteiger partial charge in [0, 0.05) is 6.07 Å². The third-order valence-corrected chi connectivity index (χ3v) is 6.29. The second kappa shape index (κ2) is 9.62. The number of aryl methyl sites for hydroxylation is 1. The average Bonchev–Trinajstić information content (AvgIpc) is 3.35. The molecular weight excluding hydrogens is 436 g/mol. The zero-order valence-corrected chi connectivity index (χ0v) is 18.0. The van der Waals surface area contributed by atoms with Crippen LogP contribution in [0.1, 0.15) is 15.4 Å². The Morgan fingerprint density at radius 2 is 1.97 bits per heavy atom. The molecule has 0 aliphatic rings. The number of nitrogens with one attached hydrogen (secondary N) is 2. The molecule has 13 heteroatoms. The summed E-state index contributed by atoms with van der Waals surface area (Å²) in [6.07, 6.45) is 0. The van der Waals surface area contributed by atoms with Gasteiger partial charge < -0.3 is 14.8 Å². The van der Waals surface area contributed by atoms with Crippen LogP contribution in [0.5, 0.6) is 11.5 Å². The molecule has 2 N–H and O–H groups in total. The summed E-state index contributed by atoms with van der Waals surface area (Å²) < 4.78 is 14.7. The van der Waals surface area contributed by atoms with Gasteiger partial charge in [-0.05, 0) is 30.6 Å². The van der Waals surface area contributed by atoms with Crippen molar-refractivity contribution in [3.63, 3.8) is 0 Å². The molecule has 0 saturated heterocycles. The Hall–Kier alpha value is -2.77. The van der Waals surface area contributed by atoms with Crippen LogP contribution in [-0.4, -0.2) is 51.6 Å². The van der Waals surface area contributed by atoms with Gasteiger partial charge in [0.2, 0.25) is 11.0 Å². The fourth-order valence-electron chi connectivity index (χ4n) is 2.13. The molecule has 0 saturated carbocycles. The number of anilines is 2. The molecule has 0 fully saturated rings. The van der Waals surface area contributed by atoms with Crippen LogP contribution in [0, 0.1) is 6.92 Å². The minimum atomic E-state index is -0.338. The van der Waals surface area contributed by atoms with Crippen LogP contribution < -0.4 is 20.1 Å². The number of thioether (sulfide) groups is 1. The first-order valence-corrected chi connectivity index (χ1v) is 10.7. The second-order valence-electron chi connectivity index (χ2n) is 5.42. The first kappa shape index (κ1) is 21.0. The molecule has 0 bridgehead atoms. The van der Waals surface area contributed by atoms with Gasteiger partial charge in [-0.25, -0.2) is 0 Å². The lowest BCUT2D eigenvalue weighted by atomic mass is 10.2. The third kappa shape index (κ3) is 5.40. The molecule has 152 valence electrons. The van der Waals surface area contributed by atoms with Gasteiger partial charge in [0.15, 0.2) is 4.34 Å². The molecule has 0 radical (unpaired) electrons. The van der Waals surface area contributed by atoms with E-state index in [-0.39, 0.29) is 17.6 Å². The van der Waals surface area contributed by atoms with Gasteiger partial charge in [0.25, 0.3) is 5.91 Å². The standard InChI is InChI=1S/C16H16N6O4S3/c1-8-13(29-22-19-8)14(24)18-15-20-21-16(28-15)27-7-12(23)17-10-5-4-9(25-2)6-11(10)26-3/h4-6H,7H2,1-3H3,(H,17,23)(H,18,20,24). The van der Waals surface area contributed by atoms with Crippen molar-refractivity contribution >= 4 is 57.3 Å². The molecule has 10 nitrogen and oxygen atoms in total. The Morgan fingerprint density at radius 3 is 2.66 bits per heavy atom. The maximum absolute atomic E-state index is 12.2. The van der Waals surface area contributed by atoms with Crippen molar-refractivity contribution in [1.82, 2.24) is 19.8 Å². The second-order valence-corrected chi connectivity index (χ2v) is 8.37. The minimum absolute atomic E-state index is 0.121.